The van der Waals surface area contributed by atoms with Crippen molar-refractivity contribution in [3.05, 3.63) is 24.3 Å². The molecule has 0 rings (SSSR count). The number of amides is 1. The second-order valence-corrected chi connectivity index (χ2v) is 12.9. The number of nitrogens with one attached hydrogen (secondary N) is 1. The number of hydrogen-bond acceptors (Lipinski definition) is 5. The number of aliphatic hydroxyl groups excluding tert-OH is 4. The molecule has 44 heavy (non-hydrogen) atoms. The Morgan fingerprint density at radius 2 is 0.977 bits per heavy atom. The summed E-state index contributed by atoms with van der Waals surface area (Å²) in [7, 11) is 0. The molecule has 0 heterocycles. The fourth-order valence-electron chi connectivity index (χ4n) is 5.58. The number of hydrogen-bond donors (Lipinski definition) is 5. The van der Waals surface area contributed by atoms with Crippen molar-refractivity contribution in [2.24, 2.45) is 0 Å². The first-order chi connectivity index (χ1) is 21.5. The van der Waals surface area contributed by atoms with Gasteiger partial charge >= 0.3 is 0 Å². The molecule has 0 aromatic heterocycles. The van der Waals surface area contributed by atoms with Gasteiger partial charge in [-0.15, -0.1) is 0 Å². The van der Waals surface area contributed by atoms with Crippen molar-refractivity contribution in [1.82, 2.24) is 5.32 Å². The lowest BCUT2D eigenvalue weighted by Gasteiger charge is -2.27. The van der Waals surface area contributed by atoms with Crippen LogP contribution >= 0.6 is 0 Å². The fourth-order valence-corrected chi connectivity index (χ4v) is 5.58. The van der Waals surface area contributed by atoms with E-state index in [9.17, 15) is 25.2 Å². The Labute approximate surface area is 272 Å². The molecule has 0 aliphatic rings. The van der Waals surface area contributed by atoms with Gasteiger partial charge in [-0.05, 0) is 57.8 Å². The molecule has 0 spiro atoms. The third kappa shape index (κ3) is 27.1. The van der Waals surface area contributed by atoms with Gasteiger partial charge in [0.15, 0.2) is 0 Å². The van der Waals surface area contributed by atoms with Gasteiger partial charge in [0.25, 0.3) is 0 Å². The third-order valence-electron chi connectivity index (χ3n) is 8.62. The zero-order chi connectivity index (χ0) is 32.5. The average Bonchev–Trinajstić information content (AvgIpc) is 3.03. The van der Waals surface area contributed by atoms with E-state index < -0.39 is 36.9 Å². The third-order valence-corrected chi connectivity index (χ3v) is 8.62. The van der Waals surface area contributed by atoms with Crippen LogP contribution in [0, 0.1) is 0 Å². The zero-order valence-electron chi connectivity index (χ0n) is 28.9. The van der Waals surface area contributed by atoms with E-state index in [0.29, 0.717) is 19.3 Å². The summed E-state index contributed by atoms with van der Waals surface area (Å²) < 4.78 is 0. The predicted molar refractivity (Wildman–Crippen MR) is 187 cm³/mol. The second-order valence-electron chi connectivity index (χ2n) is 12.9. The van der Waals surface area contributed by atoms with Gasteiger partial charge in [0.2, 0.25) is 5.91 Å². The lowest BCUT2D eigenvalue weighted by molar-refractivity contribution is -0.132. The van der Waals surface area contributed by atoms with E-state index in [1.54, 1.807) is 0 Å². The molecule has 0 saturated carbocycles. The molecule has 1 amide bonds. The van der Waals surface area contributed by atoms with Crippen LogP contribution in [0.2, 0.25) is 0 Å². The van der Waals surface area contributed by atoms with Crippen molar-refractivity contribution in [3.63, 3.8) is 0 Å². The summed E-state index contributed by atoms with van der Waals surface area (Å²) in [6.07, 6.45) is 35.3. The van der Waals surface area contributed by atoms with Crippen LogP contribution in [0.3, 0.4) is 0 Å². The standard InChI is InChI=1S/C38H73NO5/c1-3-5-7-9-11-12-13-14-15-16-17-18-19-20-21-22-23-24-25-26-28-30-32-36(42)38(44)39-34(33-40)37(43)35(41)31-29-27-10-8-6-4-2/h8,10,20-21,34-37,40-43H,3-7,9,11-19,22-33H2,1-2H3,(H,39,44)/b10-8+,21-20-. The number of aliphatic hydroxyl groups is 4. The highest BCUT2D eigenvalue weighted by Crippen LogP contribution is 2.14. The van der Waals surface area contributed by atoms with Crippen molar-refractivity contribution in [2.75, 3.05) is 6.61 Å². The molecule has 0 saturated heterocycles. The quantitative estimate of drug-likeness (QED) is 0.0371. The normalized spacial score (nSPS) is 14.8. The molecule has 4 unspecified atom stereocenters. The molecule has 0 aromatic carbocycles. The van der Waals surface area contributed by atoms with Crippen molar-refractivity contribution in [1.29, 1.82) is 0 Å². The predicted octanol–water partition coefficient (Wildman–Crippen LogP) is 8.84. The Bertz CT molecular complexity index is 668. The van der Waals surface area contributed by atoms with Crippen LogP contribution in [0.15, 0.2) is 24.3 Å². The summed E-state index contributed by atoms with van der Waals surface area (Å²) in [5, 5.41) is 43.0. The minimum Gasteiger partial charge on any atom is -0.394 e. The maximum atomic E-state index is 12.4. The topological polar surface area (TPSA) is 110 Å². The minimum atomic E-state index is -1.28. The fraction of sp³-hybridized carbons (Fsp3) is 0.868. The zero-order valence-corrected chi connectivity index (χ0v) is 28.9. The molecule has 0 aromatic rings. The van der Waals surface area contributed by atoms with Crippen LogP contribution < -0.4 is 5.32 Å². The number of rotatable bonds is 33. The van der Waals surface area contributed by atoms with Crippen LogP contribution in [0.4, 0.5) is 0 Å². The first-order valence-electron chi connectivity index (χ1n) is 18.7. The van der Waals surface area contributed by atoms with E-state index in [1.807, 2.05) is 0 Å². The maximum absolute atomic E-state index is 12.4. The molecule has 0 aliphatic carbocycles. The molecule has 0 fully saturated rings. The van der Waals surface area contributed by atoms with E-state index in [2.05, 4.69) is 43.5 Å². The summed E-state index contributed by atoms with van der Waals surface area (Å²) in [6, 6.07) is -0.999. The molecule has 0 radical (unpaired) electrons. The molecular weight excluding hydrogens is 550 g/mol. The highest BCUT2D eigenvalue weighted by Gasteiger charge is 2.28. The monoisotopic (exact) mass is 624 g/mol. The number of allylic oxidation sites excluding steroid dienone is 4. The van der Waals surface area contributed by atoms with E-state index in [0.717, 1.165) is 44.9 Å². The number of unbranched alkanes of at least 4 members (excludes halogenated alkanes) is 20. The number of carbonyl (C=O) groups is 1. The highest BCUT2D eigenvalue weighted by molar-refractivity contribution is 5.80. The summed E-state index contributed by atoms with van der Waals surface area (Å²) in [5.41, 5.74) is 0. The lowest BCUT2D eigenvalue weighted by atomic mass is 10.00. The summed E-state index contributed by atoms with van der Waals surface area (Å²) in [5.74, 6) is -0.604. The van der Waals surface area contributed by atoms with Gasteiger partial charge in [0.05, 0.1) is 18.8 Å². The van der Waals surface area contributed by atoms with Crippen LogP contribution in [-0.4, -0.2) is 57.3 Å². The molecule has 0 aliphatic heterocycles. The van der Waals surface area contributed by atoms with Crippen molar-refractivity contribution < 1.29 is 25.2 Å². The molecule has 260 valence electrons. The van der Waals surface area contributed by atoms with E-state index >= 15 is 0 Å². The van der Waals surface area contributed by atoms with Crippen LogP contribution in [0.25, 0.3) is 0 Å². The summed E-state index contributed by atoms with van der Waals surface area (Å²) >= 11 is 0. The van der Waals surface area contributed by atoms with Crippen LogP contribution in [0.5, 0.6) is 0 Å². The molecule has 6 heteroatoms. The SMILES string of the molecule is CCC/C=C/CCCC(O)C(O)C(CO)NC(=O)C(O)CCCCCCCC/C=C\CCCCCCCCCCCCCC. The summed E-state index contributed by atoms with van der Waals surface area (Å²) in [6.45, 7) is 3.90. The Morgan fingerprint density at radius 3 is 1.45 bits per heavy atom. The van der Waals surface area contributed by atoms with Gasteiger partial charge in [-0.2, -0.15) is 0 Å². The van der Waals surface area contributed by atoms with Crippen LogP contribution in [0.1, 0.15) is 181 Å². The largest absolute Gasteiger partial charge is 0.394 e. The molecule has 0 bridgehead atoms. The van der Waals surface area contributed by atoms with Gasteiger partial charge < -0.3 is 25.7 Å². The summed E-state index contributed by atoms with van der Waals surface area (Å²) in [4.78, 5) is 12.4. The van der Waals surface area contributed by atoms with Gasteiger partial charge in [0.1, 0.15) is 12.2 Å². The highest BCUT2D eigenvalue weighted by atomic mass is 16.3. The van der Waals surface area contributed by atoms with E-state index in [1.165, 1.54) is 103 Å². The Morgan fingerprint density at radius 1 is 0.545 bits per heavy atom. The van der Waals surface area contributed by atoms with E-state index in [-0.39, 0.29) is 0 Å². The Hall–Kier alpha value is -1.21. The Kier molecular flexibility index (Phi) is 32.2. The van der Waals surface area contributed by atoms with Crippen molar-refractivity contribution >= 4 is 5.91 Å². The lowest BCUT2D eigenvalue weighted by Crippen LogP contribution is -2.53. The number of carbonyl (C=O) groups excluding carboxylic acids is 1. The van der Waals surface area contributed by atoms with Crippen molar-refractivity contribution in [3.8, 4) is 0 Å². The first kappa shape index (κ1) is 42.8. The molecule has 6 nitrogen and oxygen atoms in total. The Balaban J connectivity index is 3.69. The molecule has 4 atom stereocenters. The minimum absolute atomic E-state index is 0.356. The molecule has 5 N–H and O–H groups in total. The van der Waals surface area contributed by atoms with Gasteiger partial charge in [-0.3, -0.25) is 4.79 Å². The van der Waals surface area contributed by atoms with E-state index in [4.69, 9.17) is 0 Å². The smallest absolute Gasteiger partial charge is 0.249 e. The second kappa shape index (κ2) is 33.2. The molecular formula is C38H73NO5. The van der Waals surface area contributed by atoms with Gasteiger partial charge in [-0.1, -0.05) is 147 Å². The van der Waals surface area contributed by atoms with Crippen LogP contribution in [-0.2, 0) is 4.79 Å². The maximum Gasteiger partial charge on any atom is 0.249 e. The average molecular weight is 624 g/mol. The van der Waals surface area contributed by atoms with Gasteiger partial charge in [0, 0.05) is 0 Å². The van der Waals surface area contributed by atoms with Crippen molar-refractivity contribution in [2.45, 2.75) is 205 Å². The van der Waals surface area contributed by atoms with Gasteiger partial charge in [-0.25, -0.2) is 0 Å². The first-order valence-corrected chi connectivity index (χ1v) is 18.7.